The minimum Gasteiger partial charge on any atom is -0.485 e. The lowest BCUT2D eigenvalue weighted by molar-refractivity contribution is -0.120. The zero-order valence-electron chi connectivity index (χ0n) is 15.5. The van der Waals surface area contributed by atoms with E-state index in [2.05, 4.69) is 33.7 Å². The molecule has 1 N–H and O–H groups in total. The molecule has 26 heavy (non-hydrogen) atoms. The van der Waals surface area contributed by atoms with Crippen LogP contribution in [0.25, 0.3) is 0 Å². The topological polar surface area (TPSA) is 69.0 Å². The Kier molecular flexibility index (Phi) is 4.66. The van der Waals surface area contributed by atoms with E-state index in [0.717, 1.165) is 43.1 Å². The third-order valence-corrected chi connectivity index (χ3v) is 5.62. The number of aromatic nitrogens is 3. The molecule has 0 radical (unpaired) electrons. The fourth-order valence-corrected chi connectivity index (χ4v) is 4.11. The molecule has 2 aliphatic rings. The Balaban J connectivity index is 1.40. The van der Waals surface area contributed by atoms with Crippen molar-refractivity contribution in [3.05, 3.63) is 41.0 Å². The summed E-state index contributed by atoms with van der Waals surface area (Å²) in [6, 6.07) is 6.62. The van der Waals surface area contributed by atoms with Gasteiger partial charge >= 0.3 is 0 Å². The zero-order chi connectivity index (χ0) is 18.1. The minimum atomic E-state index is 0.0340. The van der Waals surface area contributed by atoms with Gasteiger partial charge in [-0.2, -0.15) is 0 Å². The molecule has 4 rings (SSSR count). The molecule has 1 aromatic carbocycles. The van der Waals surface area contributed by atoms with Crippen molar-refractivity contribution in [3.63, 3.8) is 0 Å². The van der Waals surface area contributed by atoms with Gasteiger partial charge in [-0.15, -0.1) is 10.2 Å². The van der Waals surface area contributed by atoms with E-state index in [9.17, 15) is 4.79 Å². The van der Waals surface area contributed by atoms with Crippen LogP contribution in [0.4, 0.5) is 0 Å². The number of hydrogen-bond acceptors (Lipinski definition) is 4. The number of carbonyl (C=O) groups is 1. The molecule has 1 heterocycles. The molecule has 2 aliphatic carbocycles. The van der Waals surface area contributed by atoms with Crippen LogP contribution in [0.1, 0.15) is 61.3 Å². The van der Waals surface area contributed by atoms with Crippen molar-refractivity contribution in [2.45, 2.75) is 64.0 Å². The SMILES string of the molecule is CC(=O)NC1CC(c2nnc(COc3cccc4c3CCCC4)n2C)C1. The minimum absolute atomic E-state index is 0.0340. The summed E-state index contributed by atoms with van der Waals surface area (Å²) < 4.78 is 8.16. The van der Waals surface area contributed by atoms with E-state index in [0.29, 0.717) is 12.5 Å². The Hall–Kier alpha value is -2.37. The number of amides is 1. The number of benzene rings is 1. The van der Waals surface area contributed by atoms with E-state index in [4.69, 9.17) is 4.74 Å². The van der Waals surface area contributed by atoms with E-state index >= 15 is 0 Å². The summed E-state index contributed by atoms with van der Waals surface area (Å²) >= 11 is 0. The molecule has 0 spiro atoms. The highest BCUT2D eigenvalue weighted by Gasteiger charge is 2.34. The number of rotatable bonds is 5. The molecule has 0 saturated heterocycles. The summed E-state index contributed by atoms with van der Waals surface area (Å²) in [6.45, 7) is 2.00. The van der Waals surface area contributed by atoms with Crippen molar-refractivity contribution in [3.8, 4) is 5.75 Å². The number of carbonyl (C=O) groups excluding carboxylic acids is 1. The van der Waals surface area contributed by atoms with Crippen LogP contribution in [0.15, 0.2) is 18.2 Å². The average Bonchev–Trinajstić information content (AvgIpc) is 2.96. The van der Waals surface area contributed by atoms with Crippen molar-refractivity contribution >= 4 is 5.91 Å². The molecule has 1 aromatic heterocycles. The summed E-state index contributed by atoms with van der Waals surface area (Å²) in [6.07, 6.45) is 6.61. The van der Waals surface area contributed by atoms with Gasteiger partial charge in [0.25, 0.3) is 0 Å². The van der Waals surface area contributed by atoms with Gasteiger partial charge in [-0.1, -0.05) is 12.1 Å². The smallest absolute Gasteiger partial charge is 0.217 e. The first-order valence-electron chi connectivity index (χ1n) is 9.50. The maximum Gasteiger partial charge on any atom is 0.217 e. The number of ether oxygens (including phenoxy) is 1. The van der Waals surface area contributed by atoms with Crippen molar-refractivity contribution < 1.29 is 9.53 Å². The lowest BCUT2D eigenvalue weighted by Gasteiger charge is -2.34. The lowest BCUT2D eigenvalue weighted by Crippen LogP contribution is -2.43. The highest BCUT2D eigenvalue weighted by molar-refractivity contribution is 5.73. The number of nitrogens with one attached hydrogen (secondary N) is 1. The zero-order valence-corrected chi connectivity index (χ0v) is 15.5. The number of fused-ring (bicyclic) bond motifs is 1. The fourth-order valence-electron chi connectivity index (χ4n) is 4.11. The predicted molar refractivity (Wildman–Crippen MR) is 98.0 cm³/mol. The van der Waals surface area contributed by atoms with Crippen LogP contribution in [-0.4, -0.2) is 26.7 Å². The highest BCUT2D eigenvalue weighted by atomic mass is 16.5. The van der Waals surface area contributed by atoms with Crippen LogP contribution in [0, 0.1) is 0 Å². The first-order valence-corrected chi connectivity index (χ1v) is 9.50. The number of aryl methyl sites for hydroxylation is 1. The molecule has 6 nitrogen and oxygen atoms in total. The maximum atomic E-state index is 11.1. The van der Waals surface area contributed by atoms with Gasteiger partial charge in [-0.25, -0.2) is 0 Å². The van der Waals surface area contributed by atoms with E-state index in [1.54, 1.807) is 6.92 Å². The molecule has 1 saturated carbocycles. The van der Waals surface area contributed by atoms with E-state index in [-0.39, 0.29) is 11.9 Å². The van der Waals surface area contributed by atoms with Crippen LogP contribution in [0.2, 0.25) is 0 Å². The van der Waals surface area contributed by atoms with Gasteiger partial charge < -0.3 is 14.6 Å². The quantitative estimate of drug-likeness (QED) is 0.896. The second kappa shape index (κ2) is 7.09. The lowest BCUT2D eigenvalue weighted by atomic mass is 9.79. The van der Waals surface area contributed by atoms with Crippen LogP contribution < -0.4 is 10.1 Å². The van der Waals surface area contributed by atoms with Crippen LogP contribution in [-0.2, 0) is 31.3 Å². The van der Waals surface area contributed by atoms with Crippen molar-refractivity contribution in [2.24, 2.45) is 7.05 Å². The van der Waals surface area contributed by atoms with Crippen molar-refractivity contribution in [1.29, 1.82) is 0 Å². The Morgan fingerprint density at radius 1 is 1.27 bits per heavy atom. The molecule has 2 aromatic rings. The first-order chi connectivity index (χ1) is 12.6. The Morgan fingerprint density at radius 3 is 2.88 bits per heavy atom. The van der Waals surface area contributed by atoms with E-state index in [1.807, 2.05) is 11.6 Å². The third-order valence-electron chi connectivity index (χ3n) is 5.62. The average molecular weight is 354 g/mol. The van der Waals surface area contributed by atoms with Gasteiger partial charge in [0, 0.05) is 25.9 Å². The molecular weight excluding hydrogens is 328 g/mol. The van der Waals surface area contributed by atoms with Crippen LogP contribution in [0.3, 0.4) is 0 Å². The van der Waals surface area contributed by atoms with Gasteiger partial charge in [0.1, 0.15) is 18.2 Å². The molecule has 138 valence electrons. The fraction of sp³-hybridized carbons (Fsp3) is 0.550. The molecule has 6 heteroatoms. The summed E-state index contributed by atoms with van der Waals surface area (Å²) in [5.41, 5.74) is 2.78. The Morgan fingerprint density at radius 2 is 2.08 bits per heavy atom. The summed E-state index contributed by atoms with van der Waals surface area (Å²) in [4.78, 5) is 11.1. The number of nitrogens with zero attached hydrogens (tertiary/aromatic N) is 3. The first kappa shape index (κ1) is 17.1. The van der Waals surface area contributed by atoms with Gasteiger partial charge in [0.2, 0.25) is 5.91 Å². The molecule has 0 aliphatic heterocycles. The molecule has 1 amide bonds. The van der Waals surface area contributed by atoms with Gasteiger partial charge in [-0.05, 0) is 55.7 Å². The normalized spacial score (nSPS) is 21.6. The van der Waals surface area contributed by atoms with Crippen LogP contribution >= 0.6 is 0 Å². The third kappa shape index (κ3) is 3.32. The Bertz CT molecular complexity index is 808. The largest absolute Gasteiger partial charge is 0.485 e. The number of hydrogen-bond donors (Lipinski definition) is 1. The molecule has 0 atom stereocenters. The summed E-state index contributed by atoms with van der Waals surface area (Å²) in [5.74, 6) is 3.21. The van der Waals surface area contributed by atoms with Gasteiger partial charge in [0.15, 0.2) is 5.82 Å². The standard InChI is InChI=1S/C20H26N4O2/c1-13(25)21-16-10-15(11-16)20-23-22-19(24(20)2)12-26-18-9-5-7-14-6-3-4-8-17(14)18/h5,7,9,15-16H,3-4,6,8,10-12H2,1-2H3,(H,21,25). The summed E-state index contributed by atoms with van der Waals surface area (Å²) in [7, 11) is 2.00. The molecule has 1 fully saturated rings. The molecule has 0 unspecified atom stereocenters. The van der Waals surface area contributed by atoms with E-state index in [1.165, 1.54) is 24.0 Å². The second-order valence-corrected chi connectivity index (χ2v) is 7.49. The maximum absolute atomic E-state index is 11.1. The molecule has 0 bridgehead atoms. The van der Waals surface area contributed by atoms with E-state index < -0.39 is 0 Å². The summed E-state index contributed by atoms with van der Waals surface area (Å²) in [5, 5.41) is 11.7. The monoisotopic (exact) mass is 354 g/mol. The second-order valence-electron chi connectivity index (χ2n) is 7.49. The van der Waals surface area contributed by atoms with Crippen molar-refractivity contribution in [2.75, 3.05) is 0 Å². The van der Waals surface area contributed by atoms with Gasteiger partial charge in [-0.3, -0.25) is 4.79 Å². The highest BCUT2D eigenvalue weighted by Crippen LogP contribution is 2.36. The van der Waals surface area contributed by atoms with Crippen molar-refractivity contribution in [1.82, 2.24) is 20.1 Å². The Labute approximate surface area is 154 Å². The van der Waals surface area contributed by atoms with Gasteiger partial charge in [0.05, 0.1) is 0 Å². The predicted octanol–water partition coefficient (Wildman–Crippen LogP) is 2.66. The van der Waals surface area contributed by atoms with Crippen LogP contribution in [0.5, 0.6) is 5.75 Å². The molecular formula is C20H26N4O2.